The number of amidine groups is 1. The van der Waals surface area contributed by atoms with E-state index in [-0.39, 0.29) is 29.0 Å². The molecule has 3 heterocycles. The summed E-state index contributed by atoms with van der Waals surface area (Å²) in [6.45, 7) is 0.592. The summed E-state index contributed by atoms with van der Waals surface area (Å²) >= 11 is 2.96. The fraction of sp³-hybridized carbons (Fsp3) is 0.222. The van der Waals surface area contributed by atoms with Crippen molar-refractivity contribution in [3.05, 3.63) is 110 Å². The number of hydrogen-bond donors (Lipinski definition) is 1. The van der Waals surface area contributed by atoms with Crippen molar-refractivity contribution in [2.24, 2.45) is 10.7 Å². The fourth-order valence-electron chi connectivity index (χ4n) is 4.22. The Bertz CT molecular complexity index is 1580. The Balaban J connectivity index is 1.35. The van der Waals surface area contributed by atoms with Crippen LogP contribution in [0, 0.1) is 0 Å². The van der Waals surface area contributed by atoms with Crippen LogP contribution in [0.2, 0.25) is 0 Å². The highest BCUT2D eigenvalue weighted by Crippen LogP contribution is 2.24. The number of hydrogen-bond acceptors (Lipinski definition) is 7. The van der Waals surface area contributed by atoms with Crippen LogP contribution in [-0.4, -0.2) is 36.2 Å². The molecule has 5 rings (SSSR count). The zero-order valence-corrected chi connectivity index (χ0v) is 21.6. The molecule has 188 valence electrons. The van der Waals surface area contributed by atoms with Crippen LogP contribution < -0.4 is 17.0 Å². The zero-order valence-electron chi connectivity index (χ0n) is 19.9. The summed E-state index contributed by atoms with van der Waals surface area (Å²) < 4.78 is 2.86. The maximum absolute atomic E-state index is 13.4. The number of carbonyl (C=O) groups excluding carboxylic acids is 1. The molecule has 2 aromatic carbocycles. The van der Waals surface area contributed by atoms with Gasteiger partial charge in [-0.15, -0.1) is 0 Å². The Morgan fingerprint density at radius 1 is 0.892 bits per heavy atom. The van der Waals surface area contributed by atoms with E-state index in [1.807, 2.05) is 42.5 Å². The topological polar surface area (TPSA) is 112 Å². The third kappa shape index (κ3) is 5.70. The number of carbonyl (C=O) groups is 1. The highest BCUT2D eigenvalue weighted by molar-refractivity contribution is 8.15. The molecule has 0 spiro atoms. The first kappa shape index (κ1) is 25.0. The van der Waals surface area contributed by atoms with Crippen LogP contribution in [0.4, 0.5) is 0 Å². The molecule has 2 aromatic heterocycles. The maximum Gasteiger partial charge on any atom is 0.332 e. The average molecular weight is 532 g/mol. The van der Waals surface area contributed by atoms with E-state index < -0.39 is 0 Å². The smallest absolute Gasteiger partial charge is 0.332 e. The minimum Gasteiger partial charge on any atom is -0.378 e. The summed E-state index contributed by atoms with van der Waals surface area (Å²) in [4.78, 5) is 46.6. The summed E-state index contributed by atoms with van der Waals surface area (Å²) in [5, 5.41) is 0.421. The van der Waals surface area contributed by atoms with Gasteiger partial charge in [0.2, 0.25) is 0 Å². The summed E-state index contributed by atoms with van der Waals surface area (Å²) in [6.07, 6.45) is 2.12. The lowest BCUT2D eigenvalue weighted by atomic mass is 10.1. The molecule has 10 heteroatoms. The van der Waals surface area contributed by atoms with E-state index in [4.69, 9.17) is 5.73 Å². The molecule has 8 nitrogen and oxygen atoms in total. The van der Waals surface area contributed by atoms with Crippen LogP contribution >= 0.6 is 23.5 Å². The molecule has 37 heavy (non-hydrogen) atoms. The normalized spacial score (nSPS) is 15.3. The molecule has 1 aliphatic heterocycles. The summed E-state index contributed by atoms with van der Waals surface area (Å²) in [5.41, 5.74) is 8.41. The van der Waals surface area contributed by atoms with E-state index >= 15 is 0 Å². The van der Waals surface area contributed by atoms with E-state index in [0.717, 1.165) is 16.9 Å². The van der Waals surface area contributed by atoms with Crippen molar-refractivity contribution in [3.8, 4) is 0 Å². The van der Waals surface area contributed by atoms with E-state index in [1.165, 1.54) is 21.9 Å². The molecule has 1 amide bonds. The van der Waals surface area contributed by atoms with Crippen molar-refractivity contribution in [2.45, 2.75) is 30.5 Å². The van der Waals surface area contributed by atoms with Gasteiger partial charge in [0.25, 0.3) is 11.5 Å². The van der Waals surface area contributed by atoms with Gasteiger partial charge in [-0.25, -0.2) is 9.78 Å². The molecule has 4 aromatic rings. The first-order chi connectivity index (χ1) is 18.0. The van der Waals surface area contributed by atoms with Crippen molar-refractivity contribution in [1.82, 2.24) is 14.1 Å². The summed E-state index contributed by atoms with van der Waals surface area (Å²) in [7, 11) is 0. The number of benzene rings is 2. The molecular weight excluding hydrogens is 506 g/mol. The maximum atomic E-state index is 13.4. The number of aromatic nitrogens is 3. The SMILES string of the molecule is NC1=NC(=O)C(Cc2ccc(Cn3c(=O)n(CCSCc4ccccc4)c(=O)c4cccnc43)cc2)S1. The highest BCUT2D eigenvalue weighted by Gasteiger charge is 2.27. The van der Waals surface area contributed by atoms with Crippen molar-refractivity contribution < 1.29 is 4.79 Å². The van der Waals surface area contributed by atoms with Crippen molar-refractivity contribution >= 4 is 45.6 Å². The number of aliphatic imine (C=N–C) groups is 1. The molecule has 2 N–H and O–H groups in total. The lowest BCUT2D eigenvalue weighted by Crippen LogP contribution is -2.41. The van der Waals surface area contributed by atoms with Crippen molar-refractivity contribution in [3.63, 3.8) is 0 Å². The van der Waals surface area contributed by atoms with Crippen LogP contribution in [-0.2, 0) is 30.1 Å². The minimum absolute atomic E-state index is 0.208. The number of fused-ring (bicyclic) bond motifs is 1. The number of nitrogens with zero attached hydrogens (tertiary/aromatic N) is 4. The van der Waals surface area contributed by atoms with Gasteiger partial charge in [-0.1, -0.05) is 66.4 Å². The average Bonchev–Trinajstić information content (AvgIpc) is 3.23. The second-order valence-corrected chi connectivity index (χ2v) is 11.0. The molecule has 0 fully saturated rings. The fourth-order valence-corrected chi connectivity index (χ4v) is 5.96. The second kappa shape index (κ2) is 11.2. The van der Waals surface area contributed by atoms with Gasteiger partial charge < -0.3 is 5.73 Å². The van der Waals surface area contributed by atoms with Crippen LogP contribution in [0.3, 0.4) is 0 Å². The predicted molar refractivity (Wildman–Crippen MR) is 150 cm³/mol. The molecule has 0 aliphatic carbocycles. The Hall–Kier alpha value is -3.63. The predicted octanol–water partition coefficient (Wildman–Crippen LogP) is 3.04. The Morgan fingerprint density at radius 3 is 2.38 bits per heavy atom. The van der Waals surface area contributed by atoms with Gasteiger partial charge in [-0.05, 0) is 35.2 Å². The van der Waals surface area contributed by atoms with Crippen LogP contribution in [0.15, 0.2) is 87.5 Å². The Labute approximate surface area is 221 Å². The van der Waals surface area contributed by atoms with Crippen molar-refractivity contribution in [2.75, 3.05) is 5.75 Å². The van der Waals surface area contributed by atoms with Gasteiger partial charge in [-0.2, -0.15) is 16.8 Å². The number of thioether (sulfide) groups is 2. The van der Waals surface area contributed by atoms with Gasteiger partial charge >= 0.3 is 5.69 Å². The van der Waals surface area contributed by atoms with E-state index in [2.05, 4.69) is 22.1 Å². The molecule has 0 bridgehead atoms. The molecule has 0 saturated carbocycles. The number of nitrogens with two attached hydrogens (primary N) is 1. The minimum atomic E-state index is -0.374. The third-order valence-corrected chi connectivity index (χ3v) is 8.09. The van der Waals surface area contributed by atoms with Crippen LogP contribution in [0.1, 0.15) is 16.7 Å². The Morgan fingerprint density at radius 2 is 1.65 bits per heavy atom. The van der Waals surface area contributed by atoms with Gasteiger partial charge in [0.15, 0.2) is 5.17 Å². The van der Waals surface area contributed by atoms with Gasteiger partial charge in [0.05, 0.1) is 17.2 Å². The summed E-state index contributed by atoms with van der Waals surface area (Å²) in [6, 6.07) is 21.3. The number of amides is 1. The molecule has 0 radical (unpaired) electrons. The lowest BCUT2D eigenvalue weighted by Gasteiger charge is -2.14. The van der Waals surface area contributed by atoms with Gasteiger partial charge in [0, 0.05) is 24.2 Å². The second-order valence-electron chi connectivity index (χ2n) is 8.65. The monoisotopic (exact) mass is 531 g/mol. The van der Waals surface area contributed by atoms with E-state index in [1.54, 1.807) is 34.7 Å². The molecule has 1 aliphatic rings. The molecule has 1 atom stereocenters. The first-order valence-corrected chi connectivity index (χ1v) is 13.9. The lowest BCUT2D eigenvalue weighted by molar-refractivity contribution is -0.117. The third-order valence-electron chi connectivity index (χ3n) is 6.09. The largest absolute Gasteiger partial charge is 0.378 e. The number of pyridine rings is 1. The van der Waals surface area contributed by atoms with Gasteiger partial charge in [0.1, 0.15) is 5.65 Å². The first-order valence-electron chi connectivity index (χ1n) is 11.8. The van der Waals surface area contributed by atoms with Crippen LogP contribution in [0.25, 0.3) is 11.0 Å². The van der Waals surface area contributed by atoms with Crippen LogP contribution in [0.5, 0.6) is 0 Å². The van der Waals surface area contributed by atoms with Crippen molar-refractivity contribution in [1.29, 1.82) is 0 Å². The Kier molecular flexibility index (Phi) is 7.57. The van der Waals surface area contributed by atoms with E-state index in [0.29, 0.717) is 34.9 Å². The highest BCUT2D eigenvalue weighted by atomic mass is 32.2. The summed E-state index contributed by atoms with van der Waals surface area (Å²) in [5.74, 6) is 1.24. The molecule has 0 saturated heterocycles. The molecular formula is C27H25N5O3S2. The van der Waals surface area contributed by atoms with E-state index in [9.17, 15) is 14.4 Å². The standard InChI is InChI=1S/C27H25N5O3S2/c28-26-30-24(33)22(37-26)15-18-8-10-19(11-9-18)16-32-23-21(7-4-12-29-23)25(34)31(27(32)35)13-14-36-17-20-5-2-1-3-6-20/h1-12,22H,13-17H2,(H2,28,30,33). The quantitative estimate of drug-likeness (QED) is 0.330. The molecule has 1 unspecified atom stereocenters. The number of rotatable bonds is 9. The zero-order chi connectivity index (χ0) is 25.8. The van der Waals surface area contributed by atoms with Gasteiger partial charge in [-0.3, -0.25) is 18.7 Å².